The maximum atomic E-state index is 10.7. The number of carboxylic acids is 1. The van der Waals surface area contributed by atoms with Gasteiger partial charge in [-0.15, -0.1) is 0 Å². The fourth-order valence-electron chi connectivity index (χ4n) is 1.43. The molecule has 0 saturated heterocycles. The van der Waals surface area contributed by atoms with E-state index in [0.717, 1.165) is 0 Å². The molecule has 1 unspecified atom stereocenters. The number of ether oxygens (including phenoxy) is 1. The summed E-state index contributed by atoms with van der Waals surface area (Å²) in [5.41, 5.74) is 0.241. The van der Waals surface area contributed by atoms with Gasteiger partial charge in [0.1, 0.15) is 18.1 Å². The summed E-state index contributed by atoms with van der Waals surface area (Å²) >= 11 is 0. The first-order chi connectivity index (χ1) is 6.18. The minimum Gasteiger partial charge on any atom is -0.477 e. The Balaban J connectivity index is 2.41. The van der Waals surface area contributed by atoms with E-state index in [1.807, 2.05) is 6.92 Å². The lowest BCUT2D eigenvalue weighted by Gasteiger charge is -2.21. The molecule has 0 bridgehead atoms. The average molecular weight is 182 g/mol. The molecule has 1 aliphatic heterocycles. The quantitative estimate of drug-likeness (QED) is 0.686. The van der Waals surface area contributed by atoms with Crippen LogP contribution >= 0.6 is 0 Å². The highest BCUT2D eigenvalue weighted by Crippen LogP contribution is 2.15. The summed E-state index contributed by atoms with van der Waals surface area (Å²) in [4.78, 5) is 14.7. The van der Waals surface area contributed by atoms with Crippen molar-refractivity contribution in [2.75, 3.05) is 0 Å². The van der Waals surface area contributed by atoms with E-state index >= 15 is 0 Å². The Hall–Kier alpha value is -1.36. The zero-order chi connectivity index (χ0) is 9.42. The van der Waals surface area contributed by atoms with Gasteiger partial charge in [-0.3, -0.25) is 0 Å². The van der Waals surface area contributed by atoms with Crippen LogP contribution in [-0.2, 0) is 17.9 Å². The van der Waals surface area contributed by atoms with Crippen LogP contribution in [0, 0.1) is 0 Å². The second-order valence-electron chi connectivity index (χ2n) is 3.10. The van der Waals surface area contributed by atoms with Crippen molar-refractivity contribution in [1.82, 2.24) is 9.55 Å². The highest BCUT2D eigenvalue weighted by Gasteiger charge is 2.21. The summed E-state index contributed by atoms with van der Waals surface area (Å²) in [5, 5.41) is 8.81. The molecule has 2 heterocycles. The van der Waals surface area contributed by atoms with Crippen LogP contribution in [-0.4, -0.2) is 26.7 Å². The molecule has 0 aromatic carbocycles. The third kappa shape index (κ3) is 1.31. The lowest BCUT2D eigenvalue weighted by atomic mass is 10.3. The first-order valence-corrected chi connectivity index (χ1v) is 4.08. The lowest BCUT2D eigenvalue weighted by Crippen LogP contribution is -2.26. The molecule has 0 saturated carbocycles. The molecule has 5 nitrogen and oxygen atoms in total. The van der Waals surface area contributed by atoms with Crippen LogP contribution in [0.4, 0.5) is 0 Å². The van der Waals surface area contributed by atoms with Gasteiger partial charge >= 0.3 is 5.97 Å². The fraction of sp³-hybridized carbons (Fsp3) is 0.500. The zero-order valence-electron chi connectivity index (χ0n) is 7.23. The second kappa shape index (κ2) is 2.85. The van der Waals surface area contributed by atoms with Crippen LogP contribution in [0.25, 0.3) is 0 Å². The van der Waals surface area contributed by atoms with Crippen molar-refractivity contribution in [3.63, 3.8) is 0 Å². The highest BCUT2D eigenvalue weighted by atomic mass is 16.5. The number of aromatic carboxylic acids is 1. The van der Waals surface area contributed by atoms with Gasteiger partial charge in [0.25, 0.3) is 0 Å². The van der Waals surface area contributed by atoms with E-state index in [2.05, 4.69) is 4.98 Å². The Bertz CT molecular complexity index is 345. The minimum atomic E-state index is -0.937. The number of hydrogen-bond acceptors (Lipinski definition) is 3. The van der Waals surface area contributed by atoms with Crippen LogP contribution < -0.4 is 0 Å². The van der Waals surface area contributed by atoms with Crippen molar-refractivity contribution in [2.24, 2.45) is 0 Å². The number of rotatable bonds is 1. The predicted octanol–water partition coefficient (Wildman–Crippen LogP) is 0.500. The lowest BCUT2D eigenvalue weighted by molar-refractivity contribution is 0.0126. The molecule has 1 atom stereocenters. The number of carbonyl (C=O) groups is 1. The highest BCUT2D eigenvalue weighted by molar-refractivity contribution is 5.85. The molecule has 0 amide bonds. The Morgan fingerprint density at radius 2 is 2.62 bits per heavy atom. The van der Waals surface area contributed by atoms with Crippen LogP contribution in [0.2, 0.25) is 0 Å². The maximum Gasteiger partial charge on any atom is 0.354 e. The molecule has 0 radical (unpaired) electrons. The molecule has 1 aliphatic rings. The van der Waals surface area contributed by atoms with E-state index in [0.29, 0.717) is 19.0 Å². The van der Waals surface area contributed by atoms with Crippen LogP contribution in [0.1, 0.15) is 23.2 Å². The first kappa shape index (κ1) is 8.25. The molecule has 1 N–H and O–H groups in total. The van der Waals surface area contributed by atoms with Crippen molar-refractivity contribution in [3.05, 3.63) is 17.7 Å². The van der Waals surface area contributed by atoms with Gasteiger partial charge in [-0.2, -0.15) is 0 Å². The monoisotopic (exact) mass is 182 g/mol. The molecule has 5 heteroatoms. The summed E-state index contributed by atoms with van der Waals surface area (Å²) in [6.07, 6.45) is 1.43. The largest absolute Gasteiger partial charge is 0.477 e. The summed E-state index contributed by atoms with van der Waals surface area (Å²) < 4.78 is 7.01. The van der Waals surface area contributed by atoms with E-state index in [4.69, 9.17) is 9.84 Å². The zero-order valence-corrected chi connectivity index (χ0v) is 7.23. The average Bonchev–Trinajstić information content (AvgIpc) is 2.46. The van der Waals surface area contributed by atoms with Crippen molar-refractivity contribution in [2.45, 2.75) is 26.2 Å². The minimum absolute atomic E-state index is 0.0554. The molecule has 0 fully saturated rings. The molecule has 2 rings (SSSR count). The summed E-state index contributed by atoms with van der Waals surface area (Å²) in [6.45, 7) is 2.87. The van der Waals surface area contributed by atoms with Gasteiger partial charge in [-0.25, -0.2) is 9.78 Å². The van der Waals surface area contributed by atoms with Gasteiger partial charge in [0.05, 0.1) is 18.8 Å². The van der Waals surface area contributed by atoms with Gasteiger partial charge < -0.3 is 14.4 Å². The Labute approximate surface area is 75.0 Å². The second-order valence-corrected chi connectivity index (χ2v) is 3.10. The third-order valence-corrected chi connectivity index (χ3v) is 2.09. The molecule has 1 aromatic rings. The molecule has 0 aliphatic carbocycles. The molecule has 13 heavy (non-hydrogen) atoms. The fourth-order valence-corrected chi connectivity index (χ4v) is 1.43. The molecule has 70 valence electrons. The van der Waals surface area contributed by atoms with E-state index < -0.39 is 5.97 Å². The topological polar surface area (TPSA) is 64.4 Å². The number of nitrogens with zero attached hydrogens (tertiary/aromatic N) is 2. The van der Waals surface area contributed by atoms with Crippen LogP contribution in [0.3, 0.4) is 0 Å². The van der Waals surface area contributed by atoms with Crippen molar-refractivity contribution in [3.8, 4) is 0 Å². The maximum absolute atomic E-state index is 10.7. The standard InChI is InChI=1S/C8H10N2O3/c1-5-3-10-6(8(11)12)2-9-7(10)4-13-5/h2,5H,3-4H2,1H3,(H,11,12). The van der Waals surface area contributed by atoms with Gasteiger partial charge in [0, 0.05) is 0 Å². The molecular weight excluding hydrogens is 172 g/mol. The van der Waals surface area contributed by atoms with Crippen molar-refractivity contribution >= 4 is 5.97 Å². The Kier molecular flexibility index (Phi) is 1.81. The normalized spacial score (nSPS) is 21.2. The van der Waals surface area contributed by atoms with Gasteiger partial charge in [0.2, 0.25) is 0 Å². The van der Waals surface area contributed by atoms with Crippen LogP contribution in [0.5, 0.6) is 0 Å². The predicted molar refractivity (Wildman–Crippen MR) is 43.4 cm³/mol. The van der Waals surface area contributed by atoms with E-state index in [-0.39, 0.29) is 11.8 Å². The summed E-state index contributed by atoms with van der Waals surface area (Å²) in [7, 11) is 0. The molecule has 0 spiro atoms. The van der Waals surface area contributed by atoms with E-state index in [9.17, 15) is 4.79 Å². The number of hydrogen-bond donors (Lipinski definition) is 1. The Morgan fingerprint density at radius 3 is 3.31 bits per heavy atom. The third-order valence-electron chi connectivity index (χ3n) is 2.09. The van der Waals surface area contributed by atoms with Crippen LogP contribution in [0.15, 0.2) is 6.20 Å². The van der Waals surface area contributed by atoms with E-state index in [1.165, 1.54) is 6.20 Å². The van der Waals surface area contributed by atoms with Gasteiger partial charge in [0.15, 0.2) is 0 Å². The Morgan fingerprint density at radius 1 is 1.85 bits per heavy atom. The van der Waals surface area contributed by atoms with Gasteiger partial charge in [-0.1, -0.05) is 0 Å². The smallest absolute Gasteiger partial charge is 0.354 e. The van der Waals surface area contributed by atoms with Gasteiger partial charge in [-0.05, 0) is 6.92 Å². The molecular formula is C8H10N2O3. The summed E-state index contributed by atoms with van der Waals surface area (Å²) in [5.74, 6) is -0.247. The number of aromatic nitrogens is 2. The SMILES string of the molecule is CC1Cn2c(C(=O)O)cnc2CO1. The van der Waals surface area contributed by atoms with Crippen molar-refractivity contribution < 1.29 is 14.6 Å². The molecule has 1 aromatic heterocycles. The number of imidazole rings is 1. The number of carboxylic acid groups (broad SMARTS) is 1. The van der Waals surface area contributed by atoms with Crippen molar-refractivity contribution in [1.29, 1.82) is 0 Å². The van der Waals surface area contributed by atoms with E-state index in [1.54, 1.807) is 4.57 Å². The summed E-state index contributed by atoms with van der Waals surface area (Å²) in [6, 6.07) is 0. The first-order valence-electron chi connectivity index (χ1n) is 4.08. The number of fused-ring (bicyclic) bond motifs is 1.